The van der Waals surface area contributed by atoms with E-state index in [1.165, 1.54) is 0 Å². The van der Waals surface area contributed by atoms with Gasteiger partial charge < -0.3 is 15.8 Å². The summed E-state index contributed by atoms with van der Waals surface area (Å²) in [4.78, 5) is 0. The van der Waals surface area contributed by atoms with Crippen LogP contribution < -0.4 is 21.2 Å². The molecule has 3 aromatic rings. The van der Waals surface area contributed by atoms with Crippen molar-refractivity contribution in [3.05, 3.63) is 87.9 Å². The normalized spacial score (nSPS) is 12.7. The first-order chi connectivity index (χ1) is 15.2. The van der Waals surface area contributed by atoms with E-state index in [1.54, 1.807) is 18.3 Å². The molecule has 0 aliphatic carbocycles. The number of nitrogens with zero attached hydrogens (tertiary/aromatic N) is 1. The zero-order chi connectivity index (χ0) is 23.1. The van der Waals surface area contributed by atoms with Crippen molar-refractivity contribution < 1.29 is 4.74 Å². The number of ether oxygens (including phenoxy) is 1. The van der Waals surface area contributed by atoms with Crippen LogP contribution in [0, 0.1) is 0 Å². The van der Waals surface area contributed by atoms with Gasteiger partial charge in [0, 0.05) is 17.6 Å². The molecule has 0 amide bonds. The lowest BCUT2D eigenvalue weighted by Gasteiger charge is -2.27. The average molecular weight is 471 g/mol. The van der Waals surface area contributed by atoms with Crippen molar-refractivity contribution >= 4 is 40.8 Å². The number of para-hydroxylation sites is 2. The Labute approximate surface area is 199 Å². The summed E-state index contributed by atoms with van der Waals surface area (Å²) in [6, 6.07) is 21.1. The summed E-state index contributed by atoms with van der Waals surface area (Å²) in [7, 11) is 0. The van der Waals surface area contributed by atoms with Crippen molar-refractivity contribution in [1.82, 2.24) is 5.32 Å². The van der Waals surface area contributed by atoms with E-state index in [0.717, 1.165) is 16.8 Å². The van der Waals surface area contributed by atoms with Crippen LogP contribution in [0.5, 0.6) is 5.75 Å². The van der Waals surface area contributed by atoms with Crippen molar-refractivity contribution in [2.75, 3.05) is 17.7 Å². The summed E-state index contributed by atoms with van der Waals surface area (Å²) < 4.78 is 6.44. The lowest BCUT2D eigenvalue weighted by Crippen LogP contribution is -2.39. The maximum Gasteiger partial charge on any atom is 0.136 e. The van der Waals surface area contributed by atoms with E-state index < -0.39 is 0 Å². The molecule has 168 valence electrons. The minimum absolute atomic E-state index is 0.0937. The molecule has 0 saturated heterocycles. The molecule has 3 aromatic carbocycles. The van der Waals surface area contributed by atoms with E-state index in [2.05, 4.69) is 36.6 Å². The van der Waals surface area contributed by atoms with E-state index in [4.69, 9.17) is 33.7 Å². The largest absolute Gasteiger partial charge is 0.484 e. The van der Waals surface area contributed by atoms with Gasteiger partial charge >= 0.3 is 0 Å². The zero-order valence-corrected chi connectivity index (χ0v) is 19.9. The Morgan fingerprint density at radius 1 is 1.00 bits per heavy atom. The smallest absolute Gasteiger partial charge is 0.136 e. The molecular weight excluding hydrogens is 443 g/mol. The number of benzene rings is 3. The van der Waals surface area contributed by atoms with Gasteiger partial charge in [0.15, 0.2) is 0 Å². The Hall–Kier alpha value is -2.73. The topological polar surface area (TPSA) is 71.7 Å². The van der Waals surface area contributed by atoms with Crippen LogP contribution >= 0.6 is 23.2 Å². The molecule has 0 fully saturated rings. The standard InChI is InChI=1S/C25H28Cl2N4O/c1-25(2,3)29-16-23(18-13-20(26)24(28)21(27)14-18)32-22-12-8-7-9-17(22)15-30-31-19-10-5-4-6-11-19/h4-15,23,29,31H,16,28H2,1-3H3/b30-15-/t23-/m0/s1. The third-order valence-electron chi connectivity index (χ3n) is 4.65. The Morgan fingerprint density at radius 2 is 1.62 bits per heavy atom. The van der Waals surface area contributed by atoms with Crippen LogP contribution in [0.15, 0.2) is 71.8 Å². The summed E-state index contributed by atoms with van der Waals surface area (Å²) in [6.07, 6.45) is 1.39. The molecule has 0 aliphatic rings. The van der Waals surface area contributed by atoms with E-state index in [0.29, 0.717) is 28.0 Å². The Bertz CT molecular complexity index is 1040. The fourth-order valence-corrected chi connectivity index (χ4v) is 3.46. The van der Waals surface area contributed by atoms with Crippen LogP contribution in [0.25, 0.3) is 0 Å². The van der Waals surface area contributed by atoms with Crippen LogP contribution in [0.2, 0.25) is 10.0 Å². The molecule has 32 heavy (non-hydrogen) atoms. The summed E-state index contributed by atoms with van der Waals surface area (Å²) in [6.45, 7) is 6.85. The van der Waals surface area contributed by atoms with Crippen LogP contribution in [0.1, 0.15) is 38.0 Å². The number of hydrogen-bond acceptors (Lipinski definition) is 5. The van der Waals surface area contributed by atoms with Crippen molar-refractivity contribution in [1.29, 1.82) is 0 Å². The summed E-state index contributed by atoms with van der Waals surface area (Å²) >= 11 is 12.6. The molecule has 3 rings (SSSR count). The quantitative estimate of drug-likeness (QED) is 0.198. The van der Waals surface area contributed by atoms with Crippen LogP contribution in [-0.2, 0) is 0 Å². The highest BCUT2D eigenvalue weighted by atomic mass is 35.5. The second-order valence-corrected chi connectivity index (χ2v) is 9.22. The van der Waals surface area contributed by atoms with Gasteiger partial charge in [-0.1, -0.05) is 53.5 Å². The number of anilines is 2. The first-order valence-electron chi connectivity index (χ1n) is 10.3. The Balaban J connectivity index is 1.86. The van der Waals surface area contributed by atoms with Crippen molar-refractivity contribution in [3.63, 3.8) is 0 Å². The summed E-state index contributed by atoms with van der Waals surface area (Å²) in [5, 5.41) is 8.64. The molecule has 0 saturated carbocycles. The van der Waals surface area contributed by atoms with Gasteiger partial charge in [-0.3, -0.25) is 5.43 Å². The van der Waals surface area contributed by atoms with Crippen LogP contribution in [0.4, 0.5) is 11.4 Å². The third-order valence-corrected chi connectivity index (χ3v) is 5.28. The molecular formula is C25H28Cl2N4O. The SMILES string of the molecule is CC(C)(C)NC[C@H](Oc1ccccc1/C=N\Nc1ccccc1)c1cc(Cl)c(N)c(Cl)c1. The molecule has 4 N–H and O–H groups in total. The number of nitrogens with one attached hydrogen (secondary N) is 2. The minimum atomic E-state index is -0.346. The van der Waals surface area contributed by atoms with Gasteiger partial charge in [-0.15, -0.1) is 0 Å². The molecule has 0 unspecified atom stereocenters. The predicted molar refractivity (Wildman–Crippen MR) is 136 cm³/mol. The van der Waals surface area contributed by atoms with Gasteiger partial charge in [0.1, 0.15) is 11.9 Å². The molecule has 0 heterocycles. The molecule has 0 bridgehead atoms. The number of rotatable bonds is 8. The number of nitrogen functional groups attached to an aromatic ring is 1. The number of halogens is 2. The fourth-order valence-electron chi connectivity index (χ4n) is 2.95. The lowest BCUT2D eigenvalue weighted by molar-refractivity contribution is 0.188. The Morgan fingerprint density at radius 3 is 2.28 bits per heavy atom. The number of hydrazone groups is 1. The average Bonchev–Trinajstić information content (AvgIpc) is 2.75. The van der Waals surface area contributed by atoms with Crippen molar-refractivity contribution in [2.45, 2.75) is 32.4 Å². The second-order valence-electron chi connectivity index (χ2n) is 8.41. The van der Waals surface area contributed by atoms with Gasteiger partial charge in [-0.2, -0.15) is 5.10 Å². The van der Waals surface area contributed by atoms with Gasteiger partial charge in [-0.25, -0.2) is 0 Å². The highest BCUT2D eigenvalue weighted by Gasteiger charge is 2.20. The molecule has 0 aromatic heterocycles. The van der Waals surface area contributed by atoms with Gasteiger partial charge in [-0.05, 0) is 62.7 Å². The van der Waals surface area contributed by atoms with Gasteiger partial charge in [0.05, 0.1) is 27.6 Å². The second kappa shape index (κ2) is 10.7. The lowest BCUT2D eigenvalue weighted by atomic mass is 10.1. The fraction of sp³-hybridized carbons (Fsp3) is 0.240. The van der Waals surface area contributed by atoms with Crippen LogP contribution in [0.3, 0.4) is 0 Å². The monoisotopic (exact) mass is 470 g/mol. The van der Waals surface area contributed by atoms with E-state index in [1.807, 2.05) is 54.6 Å². The summed E-state index contributed by atoms with van der Waals surface area (Å²) in [5.74, 6) is 0.691. The number of hydrogen-bond donors (Lipinski definition) is 3. The molecule has 0 spiro atoms. The van der Waals surface area contributed by atoms with Crippen molar-refractivity contribution in [3.8, 4) is 5.75 Å². The molecule has 1 atom stereocenters. The van der Waals surface area contributed by atoms with Crippen molar-refractivity contribution in [2.24, 2.45) is 5.10 Å². The van der Waals surface area contributed by atoms with E-state index >= 15 is 0 Å². The highest BCUT2D eigenvalue weighted by Crippen LogP contribution is 2.33. The molecule has 0 aliphatic heterocycles. The maximum absolute atomic E-state index is 6.44. The molecule has 5 nitrogen and oxygen atoms in total. The third kappa shape index (κ3) is 6.89. The number of nitrogens with two attached hydrogens (primary N) is 1. The van der Waals surface area contributed by atoms with Crippen LogP contribution in [-0.4, -0.2) is 18.3 Å². The van der Waals surface area contributed by atoms with Gasteiger partial charge in [0.2, 0.25) is 0 Å². The summed E-state index contributed by atoms with van der Waals surface area (Å²) in [5.41, 5.74) is 11.8. The zero-order valence-electron chi connectivity index (χ0n) is 18.4. The van der Waals surface area contributed by atoms with Gasteiger partial charge in [0.25, 0.3) is 0 Å². The Kier molecular flexibility index (Phi) is 8.02. The maximum atomic E-state index is 6.44. The first kappa shape index (κ1) is 23.9. The molecule has 7 heteroatoms. The first-order valence-corrected chi connectivity index (χ1v) is 11.1. The highest BCUT2D eigenvalue weighted by molar-refractivity contribution is 6.38. The van der Waals surface area contributed by atoms with E-state index in [-0.39, 0.29) is 11.6 Å². The molecule has 0 radical (unpaired) electrons. The van der Waals surface area contributed by atoms with E-state index in [9.17, 15) is 0 Å². The minimum Gasteiger partial charge on any atom is -0.484 e. The predicted octanol–water partition coefficient (Wildman–Crippen LogP) is 6.53.